The molecule has 96 valence electrons. The molecule has 0 saturated carbocycles. The van der Waals surface area contributed by atoms with E-state index >= 15 is 0 Å². The second-order valence-electron chi connectivity index (χ2n) is 3.94. The Morgan fingerprint density at radius 3 is 2.67 bits per heavy atom. The normalized spacial score (nSPS) is 12.7. The summed E-state index contributed by atoms with van der Waals surface area (Å²) in [5, 5.41) is 6.20. The van der Waals surface area contributed by atoms with Gasteiger partial charge >= 0.3 is 0 Å². The molecule has 1 aromatic heterocycles. The number of benzene rings is 1. The van der Waals surface area contributed by atoms with Crippen molar-refractivity contribution in [3.05, 3.63) is 54.1 Å². The Bertz CT molecular complexity index is 521. The summed E-state index contributed by atoms with van der Waals surface area (Å²) in [5.41, 5.74) is 1.19. The molecule has 0 spiro atoms. The van der Waals surface area contributed by atoms with E-state index in [-0.39, 0.29) is 6.04 Å². The van der Waals surface area contributed by atoms with Gasteiger partial charge < -0.3 is 5.32 Å². The zero-order valence-electron chi connectivity index (χ0n) is 9.71. The predicted octanol–water partition coefficient (Wildman–Crippen LogP) is 5.43. The van der Waals surface area contributed by atoms with E-state index in [4.69, 9.17) is 11.6 Å². The van der Waals surface area contributed by atoms with Crippen LogP contribution in [0.3, 0.4) is 0 Å². The second-order valence-corrected chi connectivity index (χ2v) is 7.15. The number of nitrogens with one attached hydrogen (secondary N) is 1. The fraction of sp³-hybridized carbons (Fsp3) is 0.231. The Morgan fingerprint density at radius 2 is 2.11 bits per heavy atom. The highest BCUT2D eigenvalue weighted by molar-refractivity contribution is 9.10. The third kappa shape index (κ3) is 3.58. The summed E-state index contributed by atoms with van der Waals surface area (Å²) in [4.78, 5) is 1.34. The molecule has 2 aromatic rings. The number of hydrogen-bond donors (Lipinski definition) is 1. The maximum absolute atomic E-state index is 6.10. The van der Waals surface area contributed by atoms with Gasteiger partial charge in [-0.25, -0.2) is 0 Å². The molecule has 0 aliphatic carbocycles. The number of likely N-dealkylation sites (N-methyl/N-ethyl adjacent to an activating group) is 1. The minimum atomic E-state index is 0.259. The van der Waals surface area contributed by atoms with Crippen LogP contribution >= 0.6 is 54.8 Å². The van der Waals surface area contributed by atoms with Gasteiger partial charge in [0.25, 0.3) is 0 Å². The Labute approximate surface area is 133 Å². The van der Waals surface area contributed by atoms with Gasteiger partial charge in [-0.3, -0.25) is 0 Å². The standard InChI is InChI=1S/C13H12Br2ClNS/c1-17-12(7-13-11(15)2-3-18-13)8-4-9(14)6-10(16)5-8/h2-6,12,17H,7H2,1H3. The highest BCUT2D eigenvalue weighted by Gasteiger charge is 2.14. The van der Waals surface area contributed by atoms with E-state index < -0.39 is 0 Å². The van der Waals surface area contributed by atoms with Gasteiger partial charge in [-0.15, -0.1) is 11.3 Å². The Balaban J connectivity index is 2.25. The number of halogens is 3. The smallest absolute Gasteiger partial charge is 0.0420 e. The van der Waals surface area contributed by atoms with Crippen molar-refractivity contribution in [3.8, 4) is 0 Å². The molecule has 5 heteroatoms. The average molecular weight is 410 g/mol. The monoisotopic (exact) mass is 407 g/mol. The largest absolute Gasteiger partial charge is 0.313 e. The lowest BCUT2D eigenvalue weighted by molar-refractivity contribution is 0.595. The van der Waals surface area contributed by atoms with Crippen LogP contribution in [0.25, 0.3) is 0 Å². The maximum atomic E-state index is 6.10. The predicted molar refractivity (Wildman–Crippen MR) is 86.7 cm³/mol. The second kappa shape index (κ2) is 6.53. The van der Waals surface area contributed by atoms with Crippen molar-refractivity contribution in [1.82, 2.24) is 5.32 Å². The molecule has 0 aliphatic rings. The van der Waals surface area contributed by atoms with Crippen molar-refractivity contribution < 1.29 is 0 Å². The van der Waals surface area contributed by atoms with E-state index in [0.717, 1.165) is 15.9 Å². The van der Waals surface area contributed by atoms with Crippen molar-refractivity contribution in [2.24, 2.45) is 0 Å². The molecule has 1 nitrogen and oxygen atoms in total. The molecular formula is C13H12Br2ClNS. The molecule has 2 rings (SSSR count). The van der Waals surface area contributed by atoms with Crippen LogP contribution in [0.1, 0.15) is 16.5 Å². The number of thiophene rings is 1. The Kier molecular flexibility index (Phi) is 5.27. The zero-order chi connectivity index (χ0) is 13.1. The highest BCUT2D eigenvalue weighted by Crippen LogP contribution is 2.30. The van der Waals surface area contributed by atoms with E-state index in [0.29, 0.717) is 0 Å². The van der Waals surface area contributed by atoms with E-state index in [1.807, 2.05) is 19.2 Å². The molecule has 1 heterocycles. The molecule has 1 aromatic carbocycles. The van der Waals surface area contributed by atoms with Crippen molar-refractivity contribution in [2.45, 2.75) is 12.5 Å². The molecule has 0 aliphatic heterocycles. The first-order chi connectivity index (χ1) is 8.60. The van der Waals surface area contributed by atoms with E-state index in [2.05, 4.69) is 54.7 Å². The molecule has 0 fully saturated rings. The maximum Gasteiger partial charge on any atom is 0.0420 e. The van der Waals surface area contributed by atoms with Crippen molar-refractivity contribution >= 4 is 54.8 Å². The SMILES string of the molecule is CNC(Cc1sccc1Br)c1cc(Cl)cc(Br)c1. The van der Waals surface area contributed by atoms with Crippen LogP contribution in [0.15, 0.2) is 38.6 Å². The highest BCUT2D eigenvalue weighted by atomic mass is 79.9. The quantitative estimate of drug-likeness (QED) is 0.710. The minimum Gasteiger partial charge on any atom is -0.313 e. The molecule has 0 bridgehead atoms. The third-order valence-corrected chi connectivity index (χ3v) is 5.34. The van der Waals surface area contributed by atoms with E-state index in [1.165, 1.54) is 14.9 Å². The van der Waals surface area contributed by atoms with Gasteiger partial charge in [0.2, 0.25) is 0 Å². The molecular weight excluding hydrogens is 397 g/mol. The topological polar surface area (TPSA) is 12.0 Å². The van der Waals surface area contributed by atoms with Crippen LogP contribution in [0, 0.1) is 0 Å². The molecule has 0 amide bonds. The summed E-state index contributed by atoms with van der Waals surface area (Å²) in [6.45, 7) is 0. The minimum absolute atomic E-state index is 0.259. The van der Waals surface area contributed by atoms with Gasteiger partial charge in [-0.2, -0.15) is 0 Å². The number of rotatable bonds is 4. The molecule has 18 heavy (non-hydrogen) atoms. The van der Waals surface area contributed by atoms with Gasteiger partial charge in [-0.1, -0.05) is 27.5 Å². The molecule has 1 unspecified atom stereocenters. The first-order valence-electron chi connectivity index (χ1n) is 5.45. The summed E-state index contributed by atoms with van der Waals surface area (Å²) in [6, 6.07) is 8.36. The summed E-state index contributed by atoms with van der Waals surface area (Å²) in [5.74, 6) is 0. The lowest BCUT2D eigenvalue weighted by atomic mass is 10.0. The van der Waals surface area contributed by atoms with Crippen molar-refractivity contribution in [1.29, 1.82) is 0 Å². The van der Waals surface area contributed by atoms with Gasteiger partial charge in [-0.05, 0) is 58.2 Å². The lowest BCUT2D eigenvalue weighted by Crippen LogP contribution is -2.18. The molecule has 0 radical (unpaired) electrons. The summed E-state index contributed by atoms with van der Waals surface area (Å²) in [7, 11) is 1.97. The number of hydrogen-bond acceptors (Lipinski definition) is 2. The van der Waals surface area contributed by atoms with Crippen LogP contribution in [0.5, 0.6) is 0 Å². The van der Waals surface area contributed by atoms with Crippen LogP contribution in [0.4, 0.5) is 0 Å². The first-order valence-corrected chi connectivity index (χ1v) is 8.29. The summed E-state index contributed by atoms with van der Waals surface area (Å²) < 4.78 is 2.18. The molecule has 1 N–H and O–H groups in total. The molecule has 1 atom stereocenters. The van der Waals surface area contributed by atoms with Gasteiger partial charge in [0.1, 0.15) is 0 Å². The summed E-state index contributed by atoms with van der Waals surface area (Å²) in [6.07, 6.45) is 0.946. The Hall–Kier alpha value is 0.130. The molecule has 0 saturated heterocycles. The average Bonchev–Trinajstić information content (AvgIpc) is 2.70. The van der Waals surface area contributed by atoms with Gasteiger partial charge in [0.05, 0.1) is 0 Å². The first kappa shape index (κ1) is 14.5. The third-order valence-electron chi connectivity index (χ3n) is 2.72. The fourth-order valence-corrected chi connectivity index (χ4v) is 4.27. The summed E-state index contributed by atoms with van der Waals surface area (Å²) >= 11 is 14.9. The van der Waals surface area contributed by atoms with Crippen LogP contribution in [-0.2, 0) is 6.42 Å². The van der Waals surface area contributed by atoms with Gasteiger partial charge in [0.15, 0.2) is 0 Å². The Morgan fingerprint density at radius 1 is 1.33 bits per heavy atom. The zero-order valence-corrected chi connectivity index (χ0v) is 14.5. The van der Waals surface area contributed by atoms with Crippen molar-refractivity contribution in [3.63, 3.8) is 0 Å². The van der Waals surface area contributed by atoms with E-state index in [1.54, 1.807) is 11.3 Å². The van der Waals surface area contributed by atoms with E-state index in [9.17, 15) is 0 Å². The van der Waals surface area contributed by atoms with Gasteiger partial charge in [0, 0.05) is 31.3 Å². The van der Waals surface area contributed by atoms with Crippen LogP contribution in [0.2, 0.25) is 5.02 Å². The van der Waals surface area contributed by atoms with Crippen LogP contribution in [-0.4, -0.2) is 7.05 Å². The lowest BCUT2D eigenvalue weighted by Gasteiger charge is -2.17. The fourth-order valence-electron chi connectivity index (χ4n) is 1.82. The van der Waals surface area contributed by atoms with Crippen molar-refractivity contribution in [2.75, 3.05) is 7.05 Å². The van der Waals surface area contributed by atoms with Crippen LogP contribution < -0.4 is 5.32 Å².